The lowest BCUT2D eigenvalue weighted by molar-refractivity contribution is -0.132. The standard InChI is InChI=1S/C17H24N2O2.C3H8O/c1-14(17(21)19-11-5-6-12-19)18-16(13-20)10-9-15-7-3-2-4-8-15;1-3-4-2/h2-4,7-8,13-14,16,18H,5-6,9-12H2,1H3;3H2,1-2H3/t14-,16-;/m0./s1. The smallest absolute Gasteiger partial charge is 0.239 e. The first kappa shape index (κ1) is 21.3. The Bertz CT molecular complexity index is 485. The molecule has 1 aromatic rings. The fourth-order valence-corrected chi connectivity index (χ4v) is 2.76. The van der Waals surface area contributed by atoms with Gasteiger partial charge >= 0.3 is 0 Å². The minimum absolute atomic E-state index is 0.110. The predicted octanol–water partition coefficient (Wildman–Crippen LogP) is 2.44. The first-order valence-electron chi connectivity index (χ1n) is 9.15. The number of hydrogen-bond donors (Lipinski definition) is 1. The third kappa shape index (κ3) is 8.27. The molecule has 1 N–H and O–H groups in total. The molecule has 1 amide bonds. The number of aldehydes is 1. The Morgan fingerprint density at radius 1 is 1.28 bits per heavy atom. The first-order chi connectivity index (χ1) is 12.1. The Morgan fingerprint density at radius 3 is 2.40 bits per heavy atom. The van der Waals surface area contributed by atoms with E-state index in [1.807, 2.05) is 36.9 Å². The average molecular weight is 348 g/mol. The fourth-order valence-electron chi connectivity index (χ4n) is 2.76. The number of nitrogens with zero attached hydrogens (tertiary/aromatic N) is 1. The van der Waals surface area contributed by atoms with Crippen LogP contribution in [0.3, 0.4) is 0 Å². The molecule has 25 heavy (non-hydrogen) atoms. The molecule has 1 aromatic carbocycles. The van der Waals surface area contributed by atoms with E-state index in [1.165, 1.54) is 5.56 Å². The molecule has 5 nitrogen and oxygen atoms in total. The van der Waals surface area contributed by atoms with E-state index < -0.39 is 0 Å². The summed E-state index contributed by atoms with van der Waals surface area (Å²) in [6.07, 6.45) is 4.64. The second-order valence-corrected chi connectivity index (χ2v) is 6.26. The van der Waals surface area contributed by atoms with Crippen molar-refractivity contribution in [1.82, 2.24) is 10.2 Å². The highest BCUT2D eigenvalue weighted by molar-refractivity contribution is 5.82. The van der Waals surface area contributed by atoms with Crippen molar-refractivity contribution < 1.29 is 14.3 Å². The van der Waals surface area contributed by atoms with Gasteiger partial charge in [0.15, 0.2) is 0 Å². The van der Waals surface area contributed by atoms with E-state index in [1.54, 1.807) is 7.11 Å². The van der Waals surface area contributed by atoms with Gasteiger partial charge in [0.2, 0.25) is 5.91 Å². The number of likely N-dealkylation sites (tertiary alicyclic amines) is 1. The van der Waals surface area contributed by atoms with E-state index >= 15 is 0 Å². The molecule has 2 rings (SSSR count). The summed E-state index contributed by atoms with van der Waals surface area (Å²) in [6.45, 7) is 6.32. The normalized spacial score (nSPS) is 15.9. The Hall–Kier alpha value is -1.72. The number of aryl methyl sites for hydroxylation is 1. The molecule has 1 aliphatic rings. The quantitative estimate of drug-likeness (QED) is 0.733. The summed E-state index contributed by atoms with van der Waals surface area (Å²) in [6, 6.07) is 9.52. The Balaban J connectivity index is 0.000000705. The summed E-state index contributed by atoms with van der Waals surface area (Å²) in [5.41, 5.74) is 1.21. The zero-order valence-corrected chi connectivity index (χ0v) is 15.7. The van der Waals surface area contributed by atoms with Crippen molar-refractivity contribution >= 4 is 12.2 Å². The second kappa shape index (κ2) is 12.6. The van der Waals surface area contributed by atoms with Crippen molar-refractivity contribution in [2.24, 2.45) is 0 Å². The van der Waals surface area contributed by atoms with Crippen LogP contribution in [0.5, 0.6) is 0 Å². The molecule has 2 atom stereocenters. The lowest BCUT2D eigenvalue weighted by atomic mass is 10.1. The number of methoxy groups -OCH3 is 1. The molecule has 0 aromatic heterocycles. The number of carbonyl (C=O) groups is 2. The molecule has 1 heterocycles. The highest BCUT2D eigenvalue weighted by Crippen LogP contribution is 2.10. The number of carbonyl (C=O) groups excluding carboxylic acids is 2. The summed E-state index contributed by atoms with van der Waals surface area (Å²) in [4.78, 5) is 25.3. The lowest BCUT2D eigenvalue weighted by Crippen LogP contribution is -2.48. The summed E-state index contributed by atoms with van der Waals surface area (Å²) in [5, 5.41) is 3.15. The highest BCUT2D eigenvalue weighted by Gasteiger charge is 2.24. The van der Waals surface area contributed by atoms with Gasteiger partial charge in [-0.3, -0.25) is 10.1 Å². The molecule has 1 fully saturated rings. The summed E-state index contributed by atoms with van der Waals surface area (Å²) in [7, 11) is 1.68. The van der Waals surface area contributed by atoms with Crippen LogP contribution in [0.15, 0.2) is 30.3 Å². The van der Waals surface area contributed by atoms with E-state index in [-0.39, 0.29) is 18.0 Å². The van der Waals surface area contributed by atoms with Crippen LogP contribution in [0.4, 0.5) is 0 Å². The van der Waals surface area contributed by atoms with Gasteiger partial charge in [-0.2, -0.15) is 0 Å². The zero-order valence-electron chi connectivity index (χ0n) is 15.7. The van der Waals surface area contributed by atoms with Gasteiger partial charge in [-0.05, 0) is 45.1 Å². The monoisotopic (exact) mass is 348 g/mol. The molecule has 0 bridgehead atoms. The summed E-state index contributed by atoms with van der Waals surface area (Å²) >= 11 is 0. The SMILES string of the molecule is CCOC.C[C@H](N[C@H](C=O)CCc1ccccc1)C(=O)N1CCCC1. The number of rotatable bonds is 8. The second-order valence-electron chi connectivity index (χ2n) is 6.26. The molecular formula is C20H32N2O3. The number of benzene rings is 1. The van der Waals surface area contributed by atoms with Gasteiger partial charge in [0.25, 0.3) is 0 Å². The Labute approximate surface area is 151 Å². The number of amides is 1. The fraction of sp³-hybridized carbons (Fsp3) is 0.600. The highest BCUT2D eigenvalue weighted by atomic mass is 16.5. The molecule has 0 spiro atoms. The maximum absolute atomic E-state index is 12.2. The molecule has 5 heteroatoms. The van der Waals surface area contributed by atoms with Gasteiger partial charge in [-0.1, -0.05) is 30.3 Å². The van der Waals surface area contributed by atoms with Crippen molar-refractivity contribution in [3.63, 3.8) is 0 Å². The van der Waals surface area contributed by atoms with Crippen LogP contribution in [0, 0.1) is 0 Å². The lowest BCUT2D eigenvalue weighted by Gasteiger charge is -2.23. The Kier molecular flexibility index (Phi) is 10.8. The van der Waals surface area contributed by atoms with Gasteiger partial charge < -0.3 is 14.4 Å². The topological polar surface area (TPSA) is 58.6 Å². The van der Waals surface area contributed by atoms with Crippen molar-refractivity contribution in [3.05, 3.63) is 35.9 Å². The van der Waals surface area contributed by atoms with Crippen LogP contribution in [-0.4, -0.2) is 56.0 Å². The molecule has 1 aliphatic heterocycles. The van der Waals surface area contributed by atoms with E-state index in [2.05, 4.69) is 22.2 Å². The third-order valence-electron chi connectivity index (χ3n) is 4.29. The van der Waals surface area contributed by atoms with E-state index in [0.29, 0.717) is 6.42 Å². The van der Waals surface area contributed by atoms with Gasteiger partial charge in [-0.15, -0.1) is 0 Å². The number of ether oxygens (including phenoxy) is 1. The molecule has 0 saturated carbocycles. The van der Waals surface area contributed by atoms with Gasteiger partial charge in [-0.25, -0.2) is 0 Å². The van der Waals surface area contributed by atoms with Crippen LogP contribution in [0.2, 0.25) is 0 Å². The summed E-state index contributed by atoms with van der Waals surface area (Å²) in [5.74, 6) is 0.110. The van der Waals surface area contributed by atoms with E-state index in [0.717, 1.165) is 45.2 Å². The molecule has 140 valence electrons. The van der Waals surface area contributed by atoms with Crippen LogP contribution >= 0.6 is 0 Å². The average Bonchev–Trinajstić information content (AvgIpc) is 3.20. The Morgan fingerprint density at radius 2 is 1.88 bits per heavy atom. The van der Waals surface area contributed by atoms with E-state index in [9.17, 15) is 9.59 Å². The molecular weight excluding hydrogens is 316 g/mol. The van der Waals surface area contributed by atoms with Gasteiger partial charge in [0.05, 0.1) is 12.1 Å². The zero-order chi connectivity index (χ0) is 18.5. The number of nitrogens with one attached hydrogen (secondary N) is 1. The van der Waals surface area contributed by atoms with Crippen LogP contribution in [0.25, 0.3) is 0 Å². The maximum atomic E-state index is 12.2. The molecule has 0 aliphatic carbocycles. The maximum Gasteiger partial charge on any atom is 0.239 e. The number of hydrogen-bond acceptors (Lipinski definition) is 4. The van der Waals surface area contributed by atoms with Gasteiger partial charge in [0.1, 0.15) is 6.29 Å². The minimum atomic E-state index is -0.297. The van der Waals surface area contributed by atoms with Crippen LogP contribution < -0.4 is 5.32 Å². The van der Waals surface area contributed by atoms with Crippen molar-refractivity contribution in [2.45, 2.75) is 51.6 Å². The third-order valence-corrected chi connectivity index (χ3v) is 4.29. The first-order valence-corrected chi connectivity index (χ1v) is 9.15. The van der Waals surface area contributed by atoms with Crippen LogP contribution in [-0.2, 0) is 20.7 Å². The molecule has 0 unspecified atom stereocenters. The summed E-state index contributed by atoms with van der Waals surface area (Å²) < 4.78 is 4.54. The molecule has 0 radical (unpaired) electrons. The van der Waals surface area contributed by atoms with Gasteiger partial charge in [0, 0.05) is 26.8 Å². The van der Waals surface area contributed by atoms with Crippen molar-refractivity contribution in [2.75, 3.05) is 26.8 Å². The van der Waals surface area contributed by atoms with Crippen molar-refractivity contribution in [1.29, 1.82) is 0 Å². The van der Waals surface area contributed by atoms with Crippen LogP contribution in [0.1, 0.15) is 38.7 Å². The van der Waals surface area contributed by atoms with E-state index in [4.69, 9.17) is 0 Å². The predicted molar refractivity (Wildman–Crippen MR) is 101 cm³/mol. The van der Waals surface area contributed by atoms with Crippen molar-refractivity contribution in [3.8, 4) is 0 Å². The minimum Gasteiger partial charge on any atom is -0.385 e. The largest absolute Gasteiger partial charge is 0.385 e. The molecule has 1 saturated heterocycles.